The molecule has 1 aromatic heterocycles. The van der Waals surface area contributed by atoms with Crippen molar-refractivity contribution in [3.63, 3.8) is 0 Å². The van der Waals surface area contributed by atoms with Crippen molar-refractivity contribution in [2.24, 2.45) is 0 Å². The summed E-state index contributed by atoms with van der Waals surface area (Å²) in [5, 5.41) is 0. The Hall–Kier alpha value is -2.09. The van der Waals surface area contributed by atoms with Crippen molar-refractivity contribution in [2.45, 2.75) is 46.1 Å². The Morgan fingerprint density at radius 1 is 1.05 bits per heavy atom. The third-order valence-electron chi connectivity index (χ3n) is 3.76. The Bertz CT molecular complexity index is 668. The third-order valence-corrected chi connectivity index (χ3v) is 3.76. The summed E-state index contributed by atoms with van der Waals surface area (Å²) in [6.07, 6.45) is 8.27. The average molecular weight is 295 g/mol. The molecule has 0 saturated heterocycles. The summed E-state index contributed by atoms with van der Waals surface area (Å²) < 4.78 is 1.81. The molecule has 0 aliphatic rings. The number of benzene rings is 1. The summed E-state index contributed by atoms with van der Waals surface area (Å²) in [7, 11) is 0. The van der Waals surface area contributed by atoms with Crippen LogP contribution >= 0.6 is 0 Å². The van der Waals surface area contributed by atoms with E-state index >= 15 is 0 Å². The first-order valence-electron chi connectivity index (χ1n) is 8.19. The molecule has 2 heteroatoms. The van der Waals surface area contributed by atoms with E-state index in [1.54, 1.807) is 4.57 Å². The molecule has 2 rings (SSSR count). The van der Waals surface area contributed by atoms with Crippen molar-refractivity contribution in [2.75, 3.05) is 0 Å². The van der Waals surface area contributed by atoms with Gasteiger partial charge in [0, 0.05) is 11.8 Å². The average Bonchev–Trinajstić information content (AvgIpc) is 2.55. The van der Waals surface area contributed by atoms with E-state index in [4.69, 9.17) is 0 Å². The lowest BCUT2D eigenvalue weighted by atomic mass is 10.0. The van der Waals surface area contributed by atoms with Crippen molar-refractivity contribution < 1.29 is 0 Å². The zero-order chi connectivity index (χ0) is 15.8. The van der Waals surface area contributed by atoms with Gasteiger partial charge in [-0.25, -0.2) is 0 Å². The molecule has 0 radical (unpaired) electrons. The molecule has 0 aliphatic carbocycles. The van der Waals surface area contributed by atoms with Crippen molar-refractivity contribution in [1.82, 2.24) is 4.57 Å². The van der Waals surface area contributed by atoms with E-state index in [0.717, 1.165) is 36.8 Å². The van der Waals surface area contributed by atoms with Gasteiger partial charge < -0.3 is 4.57 Å². The predicted octanol–water partition coefficient (Wildman–Crippen LogP) is 4.88. The SMILES string of the molecule is CCC/C=C(\CCC)c1cccn(Cc2ccccc2)c1=O. The molecule has 1 heterocycles. The molecule has 0 amide bonds. The topological polar surface area (TPSA) is 22.0 Å². The Morgan fingerprint density at radius 3 is 2.50 bits per heavy atom. The summed E-state index contributed by atoms with van der Waals surface area (Å²) in [4.78, 5) is 12.8. The molecular weight excluding hydrogens is 270 g/mol. The van der Waals surface area contributed by atoms with Crippen molar-refractivity contribution >= 4 is 5.57 Å². The largest absolute Gasteiger partial charge is 0.311 e. The molecule has 0 fully saturated rings. The van der Waals surface area contributed by atoms with Crippen LogP contribution in [0.3, 0.4) is 0 Å². The number of unbranched alkanes of at least 4 members (excludes halogenated alkanes) is 1. The van der Waals surface area contributed by atoms with Crippen LogP contribution in [0.4, 0.5) is 0 Å². The fourth-order valence-corrected chi connectivity index (χ4v) is 2.62. The smallest absolute Gasteiger partial charge is 0.258 e. The number of nitrogens with zero attached hydrogens (tertiary/aromatic N) is 1. The second-order valence-corrected chi connectivity index (χ2v) is 5.61. The normalized spacial score (nSPS) is 11.6. The van der Waals surface area contributed by atoms with E-state index in [1.165, 1.54) is 5.57 Å². The van der Waals surface area contributed by atoms with Gasteiger partial charge in [0.25, 0.3) is 5.56 Å². The van der Waals surface area contributed by atoms with Crippen molar-refractivity contribution in [1.29, 1.82) is 0 Å². The molecule has 0 aliphatic heterocycles. The van der Waals surface area contributed by atoms with Gasteiger partial charge in [0.15, 0.2) is 0 Å². The van der Waals surface area contributed by atoms with E-state index in [1.807, 2.05) is 36.5 Å². The molecule has 0 N–H and O–H groups in total. The summed E-state index contributed by atoms with van der Waals surface area (Å²) in [6.45, 7) is 4.95. The Kier molecular flexibility index (Phi) is 6.20. The van der Waals surface area contributed by atoms with Gasteiger partial charge in [0.2, 0.25) is 0 Å². The van der Waals surface area contributed by atoms with Crippen LogP contribution in [-0.4, -0.2) is 4.57 Å². The summed E-state index contributed by atoms with van der Waals surface area (Å²) in [5.74, 6) is 0. The second kappa shape index (κ2) is 8.38. The predicted molar refractivity (Wildman–Crippen MR) is 94.0 cm³/mol. The Labute approximate surface area is 133 Å². The molecule has 0 unspecified atom stereocenters. The molecule has 116 valence electrons. The maximum atomic E-state index is 12.8. The summed E-state index contributed by atoms with van der Waals surface area (Å²) in [6, 6.07) is 14.1. The van der Waals surface area contributed by atoms with Crippen LogP contribution in [0.1, 0.15) is 50.7 Å². The second-order valence-electron chi connectivity index (χ2n) is 5.61. The molecule has 0 bridgehead atoms. The molecule has 22 heavy (non-hydrogen) atoms. The lowest BCUT2D eigenvalue weighted by molar-refractivity contribution is 0.755. The number of allylic oxidation sites excluding steroid dienone is 2. The lowest BCUT2D eigenvalue weighted by Crippen LogP contribution is -2.23. The van der Waals surface area contributed by atoms with Gasteiger partial charge in [-0.2, -0.15) is 0 Å². The molecular formula is C20H25NO. The number of hydrogen-bond acceptors (Lipinski definition) is 1. The minimum atomic E-state index is 0.113. The Balaban J connectivity index is 2.34. The van der Waals surface area contributed by atoms with Crippen LogP contribution in [0.2, 0.25) is 0 Å². The monoisotopic (exact) mass is 295 g/mol. The van der Waals surface area contributed by atoms with Gasteiger partial charge in [0.1, 0.15) is 0 Å². The van der Waals surface area contributed by atoms with Gasteiger partial charge in [-0.3, -0.25) is 4.79 Å². The van der Waals surface area contributed by atoms with Gasteiger partial charge in [-0.1, -0.05) is 63.1 Å². The fourth-order valence-electron chi connectivity index (χ4n) is 2.62. The minimum Gasteiger partial charge on any atom is -0.311 e. The molecule has 0 spiro atoms. The standard InChI is InChI=1S/C20H25NO/c1-3-5-13-18(10-4-2)19-14-9-15-21(20(19)22)16-17-11-7-6-8-12-17/h6-9,11-15H,3-5,10,16H2,1-2H3/b18-13+. The van der Waals surface area contributed by atoms with E-state index in [9.17, 15) is 4.79 Å². The fraction of sp³-hybridized carbons (Fsp3) is 0.350. The van der Waals surface area contributed by atoms with Crippen LogP contribution in [0.15, 0.2) is 59.5 Å². The molecule has 0 atom stereocenters. The number of aromatic nitrogens is 1. The third kappa shape index (κ3) is 4.20. The highest BCUT2D eigenvalue weighted by Gasteiger charge is 2.08. The Morgan fingerprint density at radius 2 is 1.82 bits per heavy atom. The highest BCUT2D eigenvalue weighted by molar-refractivity contribution is 5.64. The first-order valence-corrected chi connectivity index (χ1v) is 8.19. The summed E-state index contributed by atoms with van der Waals surface area (Å²) in [5.41, 5.74) is 3.31. The molecule has 2 aromatic rings. The quantitative estimate of drug-likeness (QED) is 0.713. The number of rotatable bonds is 7. The van der Waals surface area contributed by atoms with Gasteiger partial charge in [0.05, 0.1) is 6.54 Å². The van der Waals surface area contributed by atoms with Crippen molar-refractivity contribution in [3.8, 4) is 0 Å². The number of hydrogen-bond donors (Lipinski definition) is 0. The van der Waals surface area contributed by atoms with Crippen LogP contribution in [0.5, 0.6) is 0 Å². The van der Waals surface area contributed by atoms with Crippen LogP contribution < -0.4 is 5.56 Å². The zero-order valence-electron chi connectivity index (χ0n) is 13.6. The maximum absolute atomic E-state index is 12.8. The highest BCUT2D eigenvalue weighted by atomic mass is 16.1. The molecule has 2 nitrogen and oxygen atoms in total. The maximum Gasteiger partial charge on any atom is 0.258 e. The zero-order valence-corrected chi connectivity index (χ0v) is 13.6. The first kappa shape index (κ1) is 16.3. The highest BCUT2D eigenvalue weighted by Crippen LogP contribution is 2.18. The van der Waals surface area contributed by atoms with E-state index in [0.29, 0.717) is 6.54 Å². The number of pyridine rings is 1. The van der Waals surface area contributed by atoms with Gasteiger partial charge >= 0.3 is 0 Å². The van der Waals surface area contributed by atoms with E-state index in [2.05, 4.69) is 32.1 Å². The van der Waals surface area contributed by atoms with Crippen LogP contribution in [0, 0.1) is 0 Å². The van der Waals surface area contributed by atoms with Gasteiger partial charge in [-0.15, -0.1) is 0 Å². The molecule has 1 aromatic carbocycles. The minimum absolute atomic E-state index is 0.113. The van der Waals surface area contributed by atoms with Crippen LogP contribution in [0.25, 0.3) is 5.57 Å². The van der Waals surface area contributed by atoms with Gasteiger partial charge in [-0.05, 0) is 36.1 Å². The molecule has 0 saturated carbocycles. The van der Waals surface area contributed by atoms with Crippen molar-refractivity contribution in [3.05, 3.63) is 76.2 Å². The van der Waals surface area contributed by atoms with Crippen LogP contribution in [-0.2, 0) is 6.54 Å². The van der Waals surface area contributed by atoms with E-state index < -0.39 is 0 Å². The summed E-state index contributed by atoms with van der Waals surface area (Å²) >= 11 is 0. The van der Waals surface area contributed by atoms with E-state index in [-0.39, 0.29) is 5.56 Å². The first-order chi connectivity index (χ1) is 10.8. The lowest BCUT2D eigenvalue weighted by Gasteiger charge is -2.11.